The van der Waals surface area contributed by atoms with Gasteiger partial charge in [0.15, 0.2) is 5.96 Å². The van der Waals surface area contributed by atoms with Gasteiger partial charge >= 0.3 is 5.97 Å². The van der Waals surface area contributed by atoms with Gasteiger partial charge in [-0.3, -0.25) is 9.59 Å². The van der Waals surface area contributed by atoms with Gasteiger partial charge < -0.3 is 26.3 Å². The maximum absolute atomic E-state index is 12.5. The molecule has 0 saturated heterocycles. The summed E-state index contributed by atoms with van der Waals surface area (Å²) in [6.45, 7) is 0. The van der Waals surface area contributed by atoms with Crippen LogP contribution in [0.15, 0.2) is 47.5 Å². The SMILES string of the molecule is COC(=O)CCc1ccc(NC(=O)c2cccc(N=C(N)N)c2)cc1OC. The molecule has 0 unspecified atom stereocenters. The van der Waals surface area contributed by atoms with Crippen molar-refractivity contribution in [1.29, 1.82) is 0 Å². The van der Waals surface area contributed by atoms with Gasteiger partial charge in [-0.05, 0) is 36.2 Å². The maximum atomic E-state index is 12.5. The molecule has 8 nitrogen and oxygen atoms in total. The second kappa shape index (κ2) is 9.23. The smallest absolute Gasteiger partial charge is 0.305 e. The number of nitrogens with zero attached hydrogens (tertiary/aromatic N) is 1. The quantitative estimate of drug-likeness (QED) is 0.388. The van der Waals surface area contributed by atoms with Gasteiger partial charge in [0.25, 0.3) is 5.91 Å². The van der Waals surface area contributed by atoms with Crippen molar-refractivity contribution in [2.24, 2.45) is 16.5 Å². The lowest BCUT2D eigenvalue weighted by Gasteiger charge is -2.11. The molecule has 0 heterocycles. The number of nitrogens with two attached hydrogens (primary N) is 2. The van der Waals surface area contributed by atoms with Crippen molar-refractivity contribution in [3.63, 3.8) is 0 Å². The predicted molar refractivity (Wildman–Crippen MR) is 103 cm³/mol. The van der Waals surface area contributed by atoms with Crippen LogP contribution in [0.3, 0.4) is 0 Å². The monoisotopic (exact) mass is 370 g/mol. The lowest BCUT2D eigenvalue weighted by atomic mass is 10.1. The van der Waals surface area contributed by atoms with E-state index < -0.39 is 0 Å². The molecule has 142 valence electrons. The minimum absolute atomic E-state index is 0.0835. The molecule has 0 radical (unpaired) electrons. The van der Waals surface area contributed by atoms with Crippen LogP contribution in [0.2, 0.25) is 0 Å². The standard InChI is InChI=1S/C19H22N4O4/c1-26-16-11-15(8-6-12(16)7-9-17(24)27-2)22-18(25)13-4-3-5-14(10-13)23-19(20)21/h3-6,8,10-11H,7,9H2,1-2H3,(H,22,25)(H4,20,21,23). The van der Waals surface area contributed by atoms with Gasteiger partial charge in [0, 0.05) is 23.7 Å². The summed E-state index contributed by atoms with van der Waals surface area (Å²) in [5.41, 5.74) is 13.0. The number of carbonyl (C=O) groups excluding carboxylic acids is 2. The number of aliphatic imine (C=N–C) groups is 1. The molecule has 2 aromatic carbocycles. The first-order chi connectivity index (χ1) is 12.9. The summed E-state index contributed by atoms with van der Waals surface area (Å²) in [5, 5.41) is 2.80. The van der Waals surface area contributed by atoms with Crippen molar-refractivity contribution in [2.75, 3.05) is 19.5 Å². The van der Waals surface area contributed by atoms with Crippen LogP contribution >= 0.6 is 0 Å². The molecule has 0 fully saturated rings. The third kappa shape index (κ3) is 5.74. The van der Waals surface area contributed by atoms with E-state index in [-0.39, 0.29) is 24.3 Å². The molecular weight excluding hydrogens is 348 g/mol. The lowest BCUT2D eigenvalue weighted by Crippen LogP contribution is -2.21. The molecule has 0 saturated carbocycles. The van der Waals surface area contributed by atoms with Crippen molar-refractivity contribution < 1.29 is 19.1 Å². The van der Waals surface area contributed by atoms with Gasteiger partial charge in [-0.25, -0.2) is 4.99 Å². The summed E-state index contributed by atoms with van der Waals surface area (Å²) in [5.74, 6) is -0.118. The summed E-state index contributed by atoms with van der Waals surface area (Å²) < 4.78 is 10.00. The summed E-state index contributed by atoms with van der Waals surface area (Å²) in [6.07, 6.45) is 0.723. The van der Waals surface area contributed by atoms with E-state index in [2.05, 4.69) is 15.0 Å². The number of rotatable bonds is 7. The molecule has 27 heavy (non-hydrogen) atoms. The van der Waals surface area contributed by atoms with Crippen LogP contribution in [0.4, 0.5) is 11.4 Å². The molecule has 8 heteroatoms. The number of methoxy groups -OCH3 is 2. The molecule has 0 aliphatic rings. The van der Waals surface area contributed by atoms with E-state index in [1.807, 2.05) is 0 Å². The molecule has 1 amide bonds. The Kier molecular flexibility index (Phi) is 6.76. The number of nitrogens with one attached hydrogen (secondary N) is 1. The molecule has 2 aromatic rings. The van der Waals surface area contributed by atoms with Gasteiger partial charge in [-0.1, -0.05) is 12.1 Å². The Morgan fingerprint density at radius 2 is 1.89 bits per heavy atom. The molecule has 5 N–H and O–H groups in total. The van der Waals surface area contributed by atoms with E-state index in [9.17, 15) is 9.59 Å². The molecular formula is C19H22N4O4. The number of anilines is 1. The Morgan fingerprint density at radius 3 is 2.56 bits per heavy atom. The van der Waals surface area contributed by atoms with E-state index >= 15 is 0 Å². The summed E-state index contributed by atoms with van der Waals surface area (Å²) in [6, 6.07) is 11.9. The van der Waals surface area contributed by atoms with Crippen LogP contribution in [0, 0.1) is 0 Å². The minimum atomic E-state index is -0.313. The van der Waals surface area contributed by atoms with E-state index in [1.54, 1.807) is 42.5 Å². The largest absolute Gasteiger partial charge is 0.496 e. The summed E-state index contributed by atoms with van der Waals surface area (Å²) >= 11 is 0. The second-order valence-electron chi connectivity index (χ2n) is 5.64. The number of guanidine groups is 1. The average Bonchev–Trinajstić information content (AvgIpc) is 2.66. The first kappa shape index (κ1) is 19.8. The van der Waals surface area contributed by atoms with Crippen LogP contribution in [-0.2, 0) is 16.0 Å². The normalized spacial score (nSPS) is 10.0. The Bertz CT molecular complexity index is 861. The molecule has 0 bridgehead atoms. The fraction of sp³-hybridized carbons (Fsp3) is 0.211. The predicted octanol–water partition coefficient (Wildman–Crippen LogP) is 1.96. The van der Waals surface area contributed by atoms with Crippen molar-refractivity contribution in [3.8, 4) is 5.75 Å². The average molecular weight is 370 g/mol. The van der Waals surface area contributed by atoms with Crippen LogP contribution < -0.4 is 21.5 Å². The van der Waals surface area contributed by atoms with E-state index in [1.165, 1.54) is 14.2 Å². The highest BCUT2D eigenvalue weighted by Crippen LogP contribution is 2.25. The van der Waals surface area contributed by atoms with Gasteiger partial charge in [0.1, 0.15) is 5.75 Å². The van der Waals surface area contributed by atoms with Crippen molar-refractivity contribution in [1.82, 2.24) is 0 Å². The fourth-order valence-corrected chi connectivity index (χ4v) is 2.44. The zero-order valence-corrected chi connectivity index (χ0v) is 15.2. The number of esters is 1. The highest BCUT2D eigenvalue weighted by atomic mass is 16.5. The number of hydrogen-bond acceptors (Lipinski definition) is 5. The highest BCUT2D eigenvalue weighted by molar-refractivity contribution is 6.05. The van der Waals surface area contributed by atoms with Gasteiger partial charge in [0.05, 0.1) is 19.9 Å². The van der Waals surface area contributed by atoms with E-state index in [0.717, 1.165) is 5.56 Å². The first-order valence-electron chi connectivity index (χ1n) is 8.17. The first-order valence-corrected chi connectivity index (χ1v) is 8.17. The topological polar surface area (TPSA) is 129 Å². The Balaban J connectivity index is 2.14. The minimum Gasteiger partial charge on any atom is -0.496 e. The zero-order valence-electron chi connectivity index (χ0n) is 15.2. The summed E-state index contributed by atoms with van der Waals surface area (Å²) in [4.78, 5) is 27.7. The van der Waals surface area contributed by atoms with Gasteiger partial charge in [0.2, 0.25) is 0 Å². The van der Waals surface area contributed by atoms with Crippen LogP contribution in [0.5, 0.6) is 5.75 Å². The maximum Gasteiger partial charge on any atom is 0.305 e. The Hall–Kier alpha value is -3.55. The lowest BCUT2D eigenvalue weighted by molar-refractivity contribution is -0.140. The fourth-order valence-electron chi connectivity index (χ4n) is 2.44. The number of hydrogen-bond donors (Lipinski definition) is 3. The number of amides is 1. The van der Waals surface area contributed by atoms with Crippen LogP contribution in [0.25, 0.3) is 0 Å². The van der Waals surface area contributed by atoms with Crippen molar-refractivity contribution >= 4 is 29.2 Å². The number of carbonyl (C=O) groups is 2. The Morgan fingerprint density at radius 1 is 1.11 bits per heavy atom. The van der Waals surface area contributed by atoms with E-state index in [4.69, 9.17) is 16.2 Å². The molecule has 0 atom stereocenters. The van der Waals surface area contributed by atoms with Gasteiger partial charge in [-0.15, -0.1) is 0 Å². The third-order valence-corrected chi connectivity index (χ3v) is 3.74. The number of benzene rings is 2. The highest BCUT2D eigenvalue weighted by Gasteiger charge is 2.11. The van der Waals surface area contributed by atoms with E-state index in [0.29, 0.717) is 29.1 Å². The number of aryl methyl sites for hydroxylation is 1. The molecule has 0 aliphatic heterocycles. The zero-order chi connectivity index (χ0) is 19.8. The van der Waals surface area contributed by atoms with Crippen molar-refractivity contribution in [2.45, 2.75) is 12.8 Å². The van der Waals surface area contributed by atoms with Crippen LogP contribution in [0.1, 0.15) is 22.3 Å². The van der Waals surface area contributed by atoms with Gasteiger partial charge in [-0.2, -0.15) is 0 Å². The third-order valence-electron chi connectivity index (χ3n) is 3.74. The Labute approximate surface area is 157 Å². The second-order valence-corrected chi connectivity index (χ2v) is 5.64. The van der Waals surface area contributed by atoms with Crippen molar-refractivity contribution in [3.05, 3.63) is 53.6 Å². The number of ether oxygens (including phenoxy) is 2. The molecule has 0 aromatic heterocycles. The summed E-state index contributed by atoms with van der Waals surface area (Å²) in [7, 11) is 2.88. The molecule has 0 spiro atoms. The molecule has 2 rings (SSSR count). The van der Waals surface area contributed by atoms with Crippen LogP contribution in [-0.4, -0.2) is 32.1 Å². The molecule has 0 aliphatic carbocycles.